The molecule has 0 aromatic carbocycles. The Balaban J connectivity index is 2.59. The molecule has 1 unspecified atom stereocenters. The zero-order valence-electron chi connectivity index (χ0n) is 11.8. The van der Waals surface area contributed by atoms with E-state index in [4.69, 9.17) is 10.5 Å². The second-order valence-corrected chi connectivity index (χ2v) is 4.38. The van der Waals surface area contributed by atoms with Crippen LogP contribution in [0.1, 0.15) is 6.92 Å². The van der Waals surface area contributed by atoms with Gasteiger partial charge in [0.2, 0.25) is 5.91 Å². The van der Waals surface area contributed by atoms with Gasteiger partial charge in [-0.05, 0) is 6.92 Å². The van der Waals surface area contributed by atoms with Crippen LogP contribution in [0.3, 0.4) is 0 Å². The van der Waals surface area contributed by atoms with Gasteiger partial charge in [-0.3, -0.25) is 9.59 Å². The summed E-state index contributed by atoms with van der Waals surface area (Å²) in [6, 6.07) is 1.27. The molecule has 1 aromatic rings. The van der Waals surface area contributed by atoms with Gasteiger partial charge >= 0.3 is 0 Å². The summed E-state index contributed by atoms with van der Waals surface area (Å²) in [5.41, 5.74) is 5.59. The minimum atomic E-state index is -0.346. The highest BCUT2D eigenvalue weighted by Crippen LogP contribution is 1.98. The molecular formula is C12H21N5O3. The number of nitrogens with two attached hydrogens (primary N) is 1. The lowest BCUT2D eigenvalue weighted by atomic mass is 10.3. The number of hydrogen-bond donors (Lipinski definition) is 3. The molecule has 0 fully saturated rings. The SMILES string of the molecule is COCC(C)NC(=O)Cn1ncc(NCCN)cc1=O. The molecule has 0 bridgehead atoms. The predicted octanol–water partition coefficient (Wildman–Crippen LogP) is -1.23. The van der Waals surface area contributed by atoms with E-state index in [1.165, 1.54) is 12.3 Å². The summed E-state index contributed by atoms with van der Waals surface area (Å²) in [5.74, 6) is -0.285. The number of methoxy groups -OCH3 is 1. The zero-order valence-corrected chi connectivity index (χ0v) is 11.8. The number of rotatable bonds is 8. The van der Waals surface area contributed by atoms with Crippen molar-refractivity contribution in [3.05, 3.63) is 22.6 Å². The third-order valence-electron chi connectivity index (χ3n) is 2.46. The van der Waals surface area contributed by atoms with E-state index in [-0.39, 0.29) is 24.1 Å². The number of anilines is 1. The number of carbonyl (C=O) groups is 1. The van der Waals surface area contributed by atoms with Gasteiger partial charge in [0, 0.05) is 32.3 Å². The molecule has 0 radical (unpaired) electrons. The zero-order chi connectivity index (χ0) is 15.0. The van der Waals surface area contributed by atoms with Crippen LogP contribution in [-0.2, 0) is 16.1 Å². The van der Waals surface area contributed by atoms with Gasteiger partial charge < -0.3 is 21.1 Å². The van der Waals surface area contributed by atoms with E-state index in [1.54, 1.807) is 7.11 Å². The van der Waals surface area contributed by atoms with Crippen LogP contribution in [0.15, 0.2) is 17.1 Å². The number of nitrogens with one attached hydrogen (secondary N) is 2. The number of nitrogens with zero attached hydrogens (tertiary/aromatic N) is 2. The Kier molecular flexibility index (Phi) is 6.68. The Hall–Kier alpha value is -1.93. The quantitative estimate of drug-likeness (QED) is 0.550. The van der Waals surface area contributed by atoms with Gasteiger partial charge in [0.15, 0.2) is 0 Å². The molecule has 1 aromatic heterocycles. The standard InChI is InChI=1S/C12H21N5O3/c1-9(8-20-2)16-11(18)7-17-12(19)5-10(6-15-17)14-4-3-13/h5-6,9,14H,3-4,7-8,13H2,1-2H3,(H,16,18). The summed E-state index contributed by atoms with van der Waals surface area (Å²) in [6.45, 7) is 3.13. The molecule has 0 saturated carbocycles. The van der Waals surface area contributed by atoms with Crippen molar-refractivity contribution in [2.24, 2.45) is 5.73 Å². The Bertz CT molecular complexity index is 488. The van der Waals surface area contributed by atoms with Crippen LogP contribution in [0.2, 0.25) is 0 Å². The minimum Gasteiger partial charge on any atom is -0.383 e. The Labute approximate surface area is 117 Å². The molecule has 4 N–H and O–H groups in total. The highest BCUT2D eigenvalue weighted by Gasteiger charge is 2.09. The molecule has 112 valence electrons. The predicted molar refractivity (Wildman–Crippen MR) is 75.5 cm³/mol. The smallest absolute Gasteiger partial charge is 0.269 e. The first-order valence-corrected chi connectivity index (χ1v) is 6.36. The molecule has 1 rings (SSSR count). The monoisotopic (exact) mass is 283 g/mol. The van der Waals surface area contributed by atoms with Crippen molar-refractivity contribution in [2.75, 3.05) is 32.1 Å². The first-order valence-electron chi connectivity index (χ1n) is 6.36. The minimum absolute atomic E-state index is 0.117. The number of ether oxygens (including phenoxy) is 1. The first-order chi connectivity index (χ1) is 9.56. The van der Waals surface area contributed by atoms with E-state index in [0.29, 0.717) is 25.4 Å². The van der Waals surface area contributed by atoms with Crippen LogP contribution in [0.4, 0.5) is 5.69 Å². The molecule has 1 atom stereocenters. The van der Waals surface area contributed by atoms with Crippen molar-refractivity contribution in [3.63, 3.8) is 0 Å². The summed E-state index contributed by atoms with van der Waals surface area (Å²) in [5, 5.41) is 9.59. The molecule has 0 aliphatic rings. The van der Waals surface area contributed by atoms with Crippen LogP contribution in [0.25, 0.3) is 0 Å². The van der Waals surface area contributed by atoms with Gasteiger partial charge in [-0.1, -0.05) is 0 Å². The fraction of sp³-hybridized carbons (Fsp3) is 0.583. The maximum absolute atomic E-state index is 11.8. The van der Waals surface area contributed by atoms with Crippen LogP contribution in [-0.4, -0.2) is 48.5 Å². The topological polar surface area (TPSA) is 111 Å². The summed E-state index contributed by atoms with van der Waals surface area (Å²) >= 11 is 0. The van der Waals surface area contributed by atoms with Gasteiger partial charge in [-0.2, -0.15) is 5.10 Å². The highest BCUT2D eigenvalue weighted by molar-refractivity contribution is 5.75. The van der Waals surface area contributed by atoms with Crippen LogP contribution >= 0.6 is 0 Å². The average Bonchev–Trinajstić information content (AvgIpc) is 2.39. The lowest BCUT2D eigenvalue weighted by Gasteiger charge is -2.13. The highest BCUT2D eigenvalue weighted by atomic mass is 16.5. The second-order valence-electron chi connectivity index (χ2n) is 4.38. The average molecular weight is 283 g/mol. The maximum Gasteiger partial charge on any atom is 0.269 e. The summed E-state index contributed by atoms with van der Waals surface area (Å²) < 4.78 is 6.01. The van der Waals surface area contributed by atoms with E-state index in [1.807, 2.05) is 6.92 Å². The molecule has 0 aliphatic carbocycles. The van der Waals surface area contributed by atoms with Crippen molar-refractivity contribution in [1.82, 2.24) is 15.1 Å². The van der Waals surface area contributed by atoms with E-state index < -0.39 is 0 Å². The van der Waals surface area contributed by atoms with E-state index >= 15 is 0 Å². The van der Waals surface area contributed by atoms with Crippen molar-refractivity contribution in [1.29, 1.82) is 0 Å². The molecule has 0 spiro atoms. The van der Waals surface area contributed by atoms with Crippen molar-refractivity contribution in [2.45, 2.75) is 19.5 Å². The largest absolute Gasteiger partial charge is 0.383 e. The van der Waals surface area contributed by atoms with E-state index in [2.05, 4.69) is 15.7 Å². The van der Waals surface area contributed by atoms with Crippen molar-refractivity contribution in [3.8, 4) is 0 Å². The molecule has 1 heterocycles. The maximum atomic E-state index is 11.8. The van der Waals surface area contributed by atoms with Crippen molar-refractivity contribution >= 4 is 11.6 Å². The van der Waals surface area contributed by atoms with E-state index in [0.717, 1.165) is 4.68 Å². The van der Waals surface area contributed by atoms with Gasteiger partial charge in [0.1, 0.15) is 6.54 Å². The molecule has 8 nitrogen and oxygen atoms in total. The van der Waals surface area contributed by atoms with Crippen LogP contribution in [0.5, 0.6) is 0 Å². The normalized spacial score (nSPS) is 11.9. The number of hydrogen-bond acceptors (Lipinski definition) is 6. The molecule has 0 saturated heterocycles. The molecule has 0 aliphatic heterocycles. The van der Waals surface area contributed by atoms with Gasteiger partial charge in [-0.25, -0.2) is 4.68 Å². The fourth-order valence-electron chi connectivity index (χ4n) is 1.61. The number of amides is 1. The number of carbonyl (C=O) groups excluding carboxylic acids is 1. The van der Waals surface area contributed by atoms with Gasteiger partial charge in [-0.15, -0.1) is 0 Å². The molecule has 1 amide bonds. The third-order valence-corrected chi connectivity index (χ3v) is 2.46. The molecule has 20 heavy (non-hydrogen) atoms. The Morgan fingerprint density at radius 2 is 2.35 bits per heavy atom. The van der Waals surface area contributed by atoms with Gasteiger partial charge in [0.05, 0.1) is 18.5 Å². The Morgan fingerprint density at radius 1 is 1.60 bits per heavy atom. The summed E-state index contributed by atoms with van der Waals surface area (Å²) in [7, 11) is 1.56. The third kappa shape index (κ3) is 5.37. The summed E-state index contributed by atoms with van der Waals surface area (Å²) in [6.07, 6.45) is 1.49. The van der Waals surface area contributed by atoms with Crippen LogP contribution < -0.4 is 21.9 Å². The summed E-state index contributed by atoms with van der Waals surface area (Å²) in [4.78, 5) is 23.5. The fourth-order valence-corrected chi connectivity index (χ4v) is 1.61. The molecular weight excluding hydrogens is 262 g/mol. The number of aromatic nitrogens is 2. The first kappa shape index (κ1) is 16.1. The van der Waals surface area contributed by atoms with E-state index in [9.17, 15) is 9.59 Å². The second kappa shape index (κ2) is 8.28. The lowest BCUT2D eigenvalue weighted by Crippen LogP contribution is -2.40. The van der Waals surface area contributed by atoms with Crippen LogP contribution in [0, 0.1) is 0 Å². The lowest BCUT2D eigenvalue weighted by molar-refractivity contribution is -0.122. The van der Waals surface area contributed by atoms with Gasteiger partial charge in [0.25, 0.3) is 5.56 Å². The van der Waals surface area contributed by atoms with Crippen molar-refractivity contribution < 1.29 is 9.53 Å². The molecule has 8 heteroatoms. The Morgan fingerprint density at radius 3 is 2.95 bits per heavy atom.